The van der Waals surface area contributed by atoms with Gasteiger partial charge in [-0.05, 0) is 35.7 Å². The molecule has 1 unspecified atom stereocenters. The molecule has 5 atom stereocenters. The third-order valence-corrected chi connectivity index (χ3v) is 5.99. The van der Waals surface area contributed by atoms with Gasteiger partial charge >= 0.3 is 0 Å². The van der Waals surface area contributed by atoms with Crippen LogP contribution in [0, 0.1) is 17.8 Å². The van der Waals surface area contributed by atoms with Gasteiger partial charge in [0.05, 0.1) is 38.4 Å². The molecule has 2 N–H and O–H groups in total. The van der Waals surface area contributed by atoms with Gasteiger partial charge in [-0.2, -0.15) is 0 Å². The zero-order chi connectivity index (χ0) is 16.7. The van der Waals surface area contributed by atoms with Crippen LogP contribution in [0.2, 0.25) is 0 Å². The average molecular weight is 325 g/mol. The fourth-order valence-electron chi connectivity index (χ4n) is 4.74. The van der Waals surface area contributed by atoms with Crippen molar-refractivity contribution in [2.45, 2.75) is 12.5 Å². The maximum Gasteiger partial charge on any atom is 0.119 e. The highest BCUT2D eigenvalue weighted by Gasteiger charge is 2.46. The van der Waals surface area contributed by atoms with Gasteiger partial charge < -0.3 is 14.7 Å². The lowest BCUT2D eigenvalue weighted by atomic mass is 9.69. The normalized spacial score (nSPS) is 30.2. The topological polar surface area (TPSA) is 46.8 Å². The molecule has 126 valence electrons. The lowest BCUT2D eigenvalue weighted by Gasteiger charge is -2.47. The Morgan fingerprint density at radius 1 is 1.38 bits per heavy atom. The van der Waals surface area contributed by atoms with Crippen molar-refractivity contribution in [2.24, 2.45) is 17.8 Å². The quantitative estimate of drug-likeness (QED) is 0.840. The fourth-order valence-corrected chi connectivity index (χ4v) is 4.74. The van der Waals surface area contributed by atoms with E-state index in [9.17, 15) is 5.11 Å². The maximum absolute atomic E-state index is 11.2. The van der Waals surface area contributed by atoms with Gasteiger partial charge in [0.2, 0.25) is 0 Å². The molecular weight excluding hydrogens is 300 g/mol. The Morgan fingerprint density at radius 3 is 3.00 bits per heavy atom. The molecule has 0 radical (unpaired) electrons. The highest BCUT2D eigenvalue weighted by atomic mass is 16.5. The van der Waals surface area contributed by atoms with Crippen molar-refractivity contribution < 1.29 is 14.7 Å². The van der Waals surface area contributed by atoms with Crippen molar-refractivity contribution in [2.75, 3.05) is 26.7 Å². The predicted molar refractivity (Wildman–Crippen MR) is 94.1 cm³/mol. The van der Waals surface area contributed by atoms with E-state index < -0.39 is 6.10 Å². The number of hydrogen-bond acceptors (Lipinski definition) is 3. The molecule has 0 spiro atoms. The molecule has 4 heterocycles. The summed E-state index contributed by atoms with van der Waals surface area (Å²) in [5.41, 5.74) is 1.88. The minimum atomic E-state index is -0.467. The van der Waals surface area contributed by atoms with Crippen LogP contribution < -0.4 is 9.64 Å². The molecule has 4 nitrogen and oxygen atoms in total. The summed E-state index contributed by atoms with van der Waals surface area (Å²) in [5.74, 6) is 2.13. The molecule has 1 aromatic heterocycles. The Morgan fingerprint density at radius 2 is 2.25 bits per heavy atom. The van der Waals surface area contributed by atoms with E-state index in [1.807, 2.05) is 24.3 Å². The van der Waals surface area contributed by atoms with Crippen molar-refractivity contribution in [3.8, 4) is 5.75 Å². The summed E-state index contributed by atoms with van der Waals surface area (Å²) in [6, 6.07) is 7.82. The summed E-state index contributed by atoms with van der Waals surface area (Å²) in [6.45, 7) is 7.46. The van der Waals surface area contributed by atoms with Crippen LogP contribution in [0.1, 0.15) is 18.1 Å². The molecule has 24 heavy (non-hydrogen) atoms. The summed E-state index contributed by atoms with van der Waals surface area (Å²) in [4.78, 5) is 6.04. The lowest BCUT2D eigenvalue weighted by molar-refractivity contribution is -0.925. The molecule has 1 aromatic carbocycles. The summed E-state index contributed by atoms with van der Waals surface area (Å²) in [6.07, 6.45) is 4.61. The molecule has 0 amide bonds. The van der Waals surface area contributed by atoms with Gasteiger partial charge in [-0.15, -0.1) is 6.58 Å². The van der Waals surface area contributed by atoms with Crippen molar-refractivity contribution >= 4 is 10.9 Å². The van der Waals surface area contributed by atoms with Gasteiger partial charge in [-0.25, -0.2) is 0 Å². The van der Waals surface area contributed by atoms with E-state index >= 15 is 0 Å². The number of benzene rings is 1. The number of nitrogens with zero attached hydrogens (tertiary/aromatic N) is 1. The summed E-state index contributed by atoms with van der Waals surface area (Å²) in [7, 11) is 1.67. The smallest absolute Gasteiger partial charge is 0.119 e. The molecule has 0 saturated carbocycles. The number of aliphatic hydroxyl groups excluding tert-OH is 1. The monoisotopic (exact) mass is 325 g/mol. The third kappa shape index (κ3) is 2.50. The van der Waals surface area contributed by atoms with Crippen molar-refractivity contribution in [1.29, 1.82) is 0 Å². The number of pyridine rings is 1. The van der Waals surface area contributed by atoms with Crippen LogP contribution in [0.25, 0.3) is 10.9 Å². The van der Waals surface area contributed by atoms with E-state index in [-0.39, 0.29) is 5.92 Å². The first-order chi connectivity index (χ1) is 11.7. The van der Waals surface area contributed by atoms with E-state index in [0.717, 1.165) is 28.8 Å². The molecule has 5 rings (SSSR count). The molecule has 3 fully saturated rings. The third-order valence-electron chi connectivity index (χ3n) is 5.99. The van der Waals surface area contributed by atoms with Crippen LogP contribution in [0.5, 0.6) is 5.75 Å². The Labute approximate surface area is 142 Å². The van der Waals surface area contributed by atoms with Crippen LogP contribution in [0.15, 0.2) is 43.1 Å². The molecule has 3 aliphatic rings. The Hall–Kier alpha value is -1.91. The molecule has 2 bridgehead atoms. The van der Waals surface area contributed by atoms with Gasteiger partial charge in [0.25, 0.3) is 0 Å². The van der Waals surface area contributed by atoms with Crippen molar-refractivity contribution in [3.63, 3.8) is 0 Å². The molecule has 3 saturated heterocycles. The second-order valence-electron chi connectivity index (χ2n) is 7.15. The van der Waals surface area contributed by atoms with Gasteiger partial charge in [0.1, 0.15) is 5.75 Å². The zero-order valence-electron chi connectivity index (χ0n) is 14.1. The van der Waals surface area contributed by atoms with Crippen LogP contribution in [-0.2, 0) is 0 Å². The average Bonchev–Trinajstić information content (AvgIpc) is 2.66. The molecule has 2 aromatic rings. The number of aliphatic hydroxyl groups is 1. The van der Waals surface area contributed by atoms with Crippen LogP contribution in [-0.4, -0.2) is 36.8 Å². The van der Waals surface area contributed by atoms with Crippen LogP contribution >= 0.6 is 0 Å². The van der Waals surface area contributed by atoms with E-state index in [2.05, 4.69) is 17.6 Å². The van der Waals surface area contributed by atoms with Crippen molar-refractivity contribution in [3.05, 3.63) is 48.7 Å². The summed E-state index contributed by atoms with van der Waals surface area (Å²) in [5, 5.41) is 12.2. The standard InChI is InChI=1S/C20H24N2O2/c1-3-13-11-22-9-7-15(13)18(12-22)20(23)16-6-8-21-19-5-4-14(24-2)10-17(16)19/h3-6,8,10,13,15,18,20,23H,1,7,9,11-12H2,2H3/p+1/t13-,15+,18+,20+/m1/s1. The minimum Gasteiger partial charge on any atom is -0.497 e. The number of piperidine rings is 3. The molecule has 4 heteroatoms. The van der Waals surface area contributed by atoms with E-state index in [1.165, 1.54) is 19.5 Å². The number of methoxy groups -OCH3 is 1. The summed E-state index contributed by atoms with van der Waals surface area (Å²) < 4.78 is 5.36. The summed E-state index contributed by atoms with van der Waals surface area (Å²) >= 11 is 0. The first-order valence-electron chi connectivity index (χ1n) is 8.78. The first-order valence-corrected chi connectivity index (χ1v) is 8.78. The number of ether oxygens (including phenoxy) is 1. The fraction of sp³-hybridized carbons (Fsp3) is 0.450. The van der Waals surface area contributed by atoms with Crippen molar-refractivity contribution in [1.82, 2.24) is 4.98 Å². The second kappa shape index (κ2) is 6.19. The Balaban J connectivity index is 1.73. The number of quaternary nitrogens is 1. The largest absolute Gasteiger partial charge is 0.497 e. The number of hydrogen-bond donors (Lipinski definition) is 2. The van der Waals surface area contributed by atoms with E-state index in [1.54, 1.807) is 18.2 Å². The van der Waals surface area contributed by atoms with Gasteiger partial charge in [0, 0.05) is 29.8 Å². The molecular formula is C20H25N2O2+. The van der Waals surface area contributed by atoms with Gasteiger partial charge in [-0.1, -0.05) is 6.08 Å². The maximum atomic E-state index is 11.2. The number of fused-ring (bicyclic) bond motifs is 4. The Kier molecular flexibility index (Phi) is 4.02. The van der Waals surface area contributed by atoms with Crippen LogP contribution in [0.4, 0.5) is 0 Å². The predicted octanol–water partition coefficient (Wildman–Crippen LogP) is 1.61. The number of nitrogens with one attached hydrogen (secondary N) is 1. The van der Waals surface area contributed by atoms with Gasteiger partial charge in [0.15, 0.2) is 0 Å². The van der Waals surface area contributed by atoms with E-state index in [0.29, 0.717) is 11.8 Å². The molecule has 3 aliphatic heterocycles. The first kappa shape index (κ1) is 15.6. The van der Waals surface area contributed by atoms with Gasteiger partial charge in [-0.3, -0.25) is 4.98 Å². The molecule has 0 aliphatic carbocycles. The zero-order valence-corrected chi connectivity index (χ0v) is 14.1. The second-order valence-corrected chi connectivity index (χ2v) is 7.15. The highest BCUT2D eigenvalue weighted by molar-refractivity contribution is 5.83. The number of aromatic nitrogens is 1. The van der Waals surface area contributed by atoms with E-state index in [4.69, 9.17) is 4.74 Å². The SMILES string of the molecule is C=C[C@@H]1C[NH+]2CC[C@@H]1[C@@H]([C@@H](O)c1ccnc3ccc(OC)cc13)C2. The number of rotatable bonds is 4. The highest BCUT2D eigenvalue weighted by Crippen LogP contribution is 2.39. The minimum absolute atomic E-state index is 0.280. The van der Waals surface area contributed by atoms with Crippen LogP contribution in [0.3, 0.4) is 0 Å². The Bertz CT molecular complexity index is 760. The lowest BCUT2D eigenvalue weighted by Crippen LogP contribution is -3.17.